The molecule has 162 valence electrons. The second kappa shape index (κ2) is 9.68. The van der Waals surface area contributed by atoms with Crippen molar-refractivity contribution in [3.05, 3.63) is 65.5 Å². The molecule has 2 aromatic rings. The van der Waals surface area contributed by atoms with E-state index in [9.17, 15) is 17.6 Å². The maximum atomic E-state index is 14.4. The maximum absolute atomic E-state index is 14.4. The van der Waals surface area contributed by atoms with E-state index in [0.717, 1.165) is 12.6 Å². The number of carbonyl (C=O) groups is 1. The minimum atomic E-state index is -3.76. The normalized spacial score (nSPS) is 15.5. The summed E-state index contributed by atoms with van der Waals surface area (Å²) in [7, 11) is -3.76. The smallest absolute Gasteiger partial charge is 0.256 e. The number of nitrogens with zero attached hydrogens (tertiary/aromatic N) is 3. The number of hydrogen-bond acceptors (Lipinski definition) is 4. The van der Waals surface area contributed by atoms with Crippen LogP contribution in [0.4, 0.5) is 4.39 Å². The zero-order chi connectivity index (χ0) is 21.7. The molecule has 0 aliphatic carbocycles. The largest absolute Gasteiger partial charge is 0.336 e. The molecule has 2 aromatic carbocycles. The molecule has 1 aliphatic rings. The van der Waals surface area contributed by atoms with Gasteiger partial charge in [-0.15, -0.1) is 0 Å². The maximum Gasteiger partial charge on any atom is 0.256 e. The number of halogens is 1. The Morgan fingerprint density at radius 1 is 1.00 bits per heavy atom. The Morgan fingerprint density at radius 2 is 1.63 bits per heavy atom. The summed E-state index contributed by atoms with van der Waals surface area (Å²) in [5, 5.41) is 0. The van der Waals surface area contributed by atoms with Crippen molar-refractivity contribution in [2.45, 2.75) is 25.3 Å². The van der Waals surface area contributed by atoms with Crippen LogP contribution >= 0.6 is 0 Å². The number of rotatable bonds is 7. The molecule has 0 spiro atoms. The van der Waals surface area contributed by atoms with Crippen LogP contribution < -0.4 is 0 Å². The summed E-state index contributed by atoms with van der Waals surface area (Å²) in [5.74, 6) is -1.17. The van der Waals surface area contributed by atoms with E-state index in [1.807, 2.05) is 18.2 Å². The minimum absolute atomic E-state index is 0.0568. The van der Waals surface area contributed by atoms with Crippen LogP contribution in [0.25, 0.3) is 0 Å². The van der Waals surface area contributed by atoms with Crippen LogP contribution in [0, 0.1) is 5.82 Å². The molecule has 1 saturated heterocycles. The average Bonchev–Trinajstić information content (AvgIpc) is 2.75. The van der Waals surface area contributed by atoms with Crippen molar-refractivity contribution < 1.29 is 17.6 Å². The van der Waals surface area contributed by atoms with Crippen LogP contribution in [-0.4, -0.2) is 67.7 Å². The second-order valence-corrected chi connectivity index (χ2v) is 9.22. The fourth-order valence-corrected chi connectivity index (χ4v) is 5.15. The molecule has 0 bridgehead atoms. The summed E-state index contributed by atoms with van der Waals surface area (Å²) < 4.78 is 41.2. The fraction of sp³-hybridized carbons (Fsp3) is 0.409. The fourth-order valence-electron chi connectivity index (χ4n) is 3.66. The van der Waals surface area contributed by atoms with E-state index in [2.05, 4.69) is 17.0 Å². The first kappa shape index (κ1) is 22.4. The highest BCUT2D eigenvalue weighted by atomic mass is 32.2. The van der Waals surface area contributed by atoms with E-state index in [1.165, 1.54) is 22.0 Å². The lowest BCUT2D eigenvalue weighted by Crippen LogP contribution is -2.48. The molecular weight excluding hydrogens is 405 g/mol. The molecule has 1 fully saturated rings. The second-order valence-electron chi connectivity index (χ2n) is 7.28. The molecule has 0 unspecified atom stereocenters. The Hall–Kier alpha value is -2.29. The molecule has 0 aromatic heterocycles. The van der Waals surface area contributed by atoms with Crippen molar-refractivity contribution in [1.29, 1.82) is 0 Å². The van der Waals surface area contributed by atoms with E-state index in [0.29, 0.717) is 39.3 Å². The molecule has 30 heavy (non-hydrogen) atoms. The van der Waals surface area contributed by atoms with Crippen LogP contribution in [0.3, 0.4) is 0 Å². The summed E-state index contributed by atoms with van der Waals surface area (Å²) >= 11 is 0. The van der Waals surface area contributed by atoms with Gasteiger partial charge in [-0.05, 0) is 23.8 Å². The first-order valence-corrected chi connectivity index (χ1v) is 11.7. The summed E-state index contributed by atoms with van der Waals surface area (Å²) in [4.78, 5) is 16.7. The number of piperazine rings is 1. The lowest BCUT2D eigenvalue weighted by atomic mass is 10.1. The van der Waals surface area contributed by atoms with Crippen molar-refractivity contribution in [1.82, 2.24) is 14.1 Å². The van der Waals surface area contributed by atoms with Crippen LogP contribution in [0.1, 0.15) is 29.8 Å². The van der Waals surface area contributed by atoms with E-state index in [1.54, 1.807) is 18.7 Å². The van der Waals surface area contributed by atoms with Gasteiger partial charge in [0.25, 0.3) is 5.91 Å². The number of sulfonamides is 1. The molecule has 1 amide bonds. The molecule has 0 N–H and O–H groups in total. The van der Waals surface area contributed by atoms with Crippen LogP contribution in [0.5, 0.6) is 0 Å². The Morgan fingerprint density at radius 3 is 2.23 bits per heavy atom. The van der Waals surface area contributed by atoms with Gasteiger partial charge in [-0.1, -0.05) is 44.2 Å². The van der Waals surface area contributed by atoms with Gasteiger partial charge in [-0.2, -0.15) is 4.31 Å². The van der Waals surface area contributed by atoms with Crippen LogP contribution in [0.2, 0.25) is 0 Å². The van der Waals surface area contributed by atoms with Crippen LogP contribution in [0.15, 0.2) is 53.4 Å². The zero-order valence-electron chi connectivity index (χ0n) is 17.4. The lowest BCUT2D eigenvalue weighted by molar-refractivity contribution is 0.0623. The van der Waals surface area contributed by atoms with Gasteiger partial charge in [0.15, 0.2) is 0 Å². The molecular formula is C22H28FN3O3S. The highest BCUT2D eigenvalue weighted by Crippen LogP contribution is 2.21. The summed E-state index contributed by atoms with van der Waals surface area (Å²) in [6, 6.07) is 13.6. The summed E-state index contributed by atoms with van der Waals surface area (Å²) in [6.07, 6.45) is 0. The van der Waals surface area contributed by atoms with Crippen molar-refractivity contribution in [3.8, 4) is 0 Å². The third-order valence-corrected chi connectivity index (χ3v) is 7.47. The average molecular weight is 434 g/mol. The molecule has 0 radical (unpaired) electrons. The van der Waals surface area contributed by atoms with E-state index in [4.69, 9.17) is 0 Å². The number of hydrogen-bond donors (Lipinski definition) is 0. The quantitative estimate of drug-likeness (QED) is 0.674. The van der Waals surface area contributed by atoms with Gasteiger partial charge >= 0.3 is 0 Å². The Kier molecular flexibility index (Phi) is 7.23. The third kappa shape index (κ3) is 4.88. The van der Waals surface area contributed by atoms with Gasteiger partial charge in [0.1, 0.15) is 5.82 Å². The summed E-state index contributed by atoms with van der Waals surface area (Å²) in [6.45, 7) is 7.20. The van der Waals surface area contributed by atoms with Gasteiger partial charge in [-0.25, -0.2) is 12.8 Å². The number of amides is 1. The van der Waals surface area contributed by atoms with E-state index < -0.39 is 21.7 Å². The molecule has 0 saturated carbocycles. The SMILES string of the molecule is CCN(CC)S(=O)(=O)c1ccc(F)c(C(=O)N2CCN(Cc3ccccc3)CC2)c1. The van der Waals surface area contributed by atoms with Gasteiger partial charge < -0.3 is 4.90 Å². The molecule has 0 atom stereocenters. The van der Waals surface area contributed by atoms with Crippen molar-refractivity contribution in [2.24, 2.45) is 0 Å². The lowest BCUT2D eigenvalue weighted by Gasteiger charge is -2.35. The molecule has 3 rings (SSSR count). The van der Waals surface area contributed by atoms with Crippen LogP contribution in [-0.2, 0) is 16.6 Å². The Bertz CT molecular complexity index is 970. The minimum Gasteiger partial charge on any atom is -0.336 e. The molecule has 6 nitrogen and oxygen atoms in total. The monoisotopic (exact) mass is 433 g/mol. The van der Waals surface area contributed by atoms with Gasteiger partial charge in [0.05, 0.1) is 10.5 Å². The summed E-state index contributed by atoms with van der Waals surface area (Å²) in [5.41, 5.74) is 1.01. The molecule has 8 heteroatoms. The van der Waals surface area contributed by atoms with E-state index in [-0.39, 0.29) is 10.5 Å². The van der Waals surface area contributed by atoms with Crippen molar-refractivity contribution >= 4 is 15.9 Å². The standard InChI is InChI=1S/C22H28FN3O3S/c1-3-26(4-2)30(28,29)19-10-11-21(23)20(16-19)22(27)25-14-12-24(13-15-25)17-18-8-6-5-7-9-18/h5-11,16H,3-4,12-15,17H2,1-2H3. The van der Waals surface area contributed by atoms with Crippen molar-refractivity contribution in [3.63, 3.8) is 0 Å². The first-order chi connectivity index (χ1) is 14.4. The Balaban J connectivity index is 1.71. The highest BCUT2D eigenvalue weighted by Gasteiger charge is 2.27. The third-order valence-electron chi connectivity index (χ3n) is 5.42. The molecule has 1 heterocycles. The predicted octanol–water partition coefficient (Wildman–Crippen LogP) is 2.81. The highest BCUT2D eigenvalue weighted by molar-refractivity contribution is 7.89. The molecule has 1 aliphatic heterocycles. The number of carbonyl (C=O) groups excluding carboxylic acids is 1. The van der Waals surface area contributed by atoms with Crippen molar-refractivity contribution in [2.75, 3.05) is 39.3 Å². The van der Waals surface area contributed by atoms with E-state index >= 15 is 0 Å². The van der Waals surface area contributed by atoms with Gasteiger partial charge in [-0.3, -0.25) is 9.69 Å². The van der Waals surface area contributed by atoms with Gasteiger partial charge in [0.2, 0.25) is 10.0 Å². The predicted molar refractivity (Wildman–Crippen MR) is 114 cm³/mol. The zero-order valence-corrected chi connectivity index (χ0v) is 18.2. The van der Waals surface area contributed by atoms with Gasteiger partial charge in [0, 0.05) is 45.8 Å². The first-order valence-electron chi connectivity index (χ1n) is 10.2. The topological polar surface area (TPSA) is 60.9 Å². The number of benzene rings is 2. The Labute approximate surface area is 177 Å².